The second-order valence-corrected chi connectivity index (χ2v) is 5.32. The van der Waals surface area contributed by atoms with E-state index in [4.69, 9.17) is 9.47 Å². The Hall–Kier alpha value is -1.84. The van der Waals surface area contributed by atoms with Gasteiger partial charge in [-0.2, -0.15) is 0 Å². The number of hydrogen-bond acceptors (Lipinski definition) is 4. The van der Waals surface area contributed by atoms with Gasteiger partial charge in [0.1, 0.15) is 0 Å². The van der Waals surface area contributed by atoms with Crippen LogP contribution in [-0.4, -0.2) is 24.1 Å². The first kappa shape index (κ1) is 16.2. The Morgan fingerprint density at radius 2 is 1.45 bits per heavy atom. The lowest BCUT2D eigenvalue weighted by Crippen LogP contribution is -2.21. The monoisotopic (exact) mass is 278 g/mol. The van der Waals surface area contributed by atoms with Crippen LogP contribution in [0, 0.1) is 0 Å². The van der Waals surface area contributed by atoms with Crippen LogP contribution in [0.15, 0.2) is 34.9 Å². The minimum Gasteiger partial charge on any atom is -0.459 e. The van der Waals surface area contributed by atoms with Crippen LogP contribution in [-0.2, 0) is 19.1 Å². The van der Waals surface area contributed by atoms with E-state index < -0.39 is 11.9 Å². The third-order valence-corrected chi connectivity index (χ3v) is 2.58. The SMILES string of the molecule is CC1=CC=C(C(=O)OC(C)C)C(C(=O)OC(C)C)=CC1. The highest BCUT2D eigenvalue weighted by atomic mass is 16.5. The molecule has 1 rings (SSSR count). The molecule has 1 aliphatic carbocycles. The van der Waals surface area contributed by atoms with Gasteiger partial charge in [0, 0.05) is 0 Å². The van der Waals surface area contributed by atoms with Gasteiger partial charge in [0.2, 0.25) is 0 Å². The number of carbonyl (C=O) groups is 2. The van der Waals surface area contributed by atoms with Crippen molar-refractivity contribution in [1.82, 2.24) is 0 Å². The molecule has 0 saturated heterocycles. The number of ether oxygens (including phenoxy) is 2. The maximum Gasteiger partial charge on any atom is 0.339 e. The standard InChI is InChI=1S/C16H22O4/c1-10(2)19-15(17)13-8-6-12(5)7-9-14(13)16(18)20-11(3)4/h6,8-11H,7H2,1-5H3. The average Bonchev–Trinajstić information content (AvgIpc) is 2.49. The van der Waals surface area contributed by atoms with Crippen LogP contribution in [0.2, 0.25) is 0 Å². The van der Waals surface area contributed by atoms with Gasteiger partial charge < -0.3 is 9.47 Å². The van der Waals surface area contributed by atoms with Crippen molar-refractivity contribution in [3.63, 3.8) is 0 Å². The second kappa shape index (κ2) is 7.08. The van der Waals surface area contributed by atoms with Crippen molar-refractivity contribution in [3.05, 3.63) is 34.9 Å². The van der Waals surface area contributed by atoms with E-state index in [1.165, 1.54) is 0 Å². The molecular formula is C16H22O4. The summed E-state index contributed by atoms with van der Waals surface area (Å²) in [5.41, 5.74) is 1.59. The molecule has 4 heteroatoms. The van der Waals surface area contributed by atoms with E-state index in [0.717, 1.165) is 5.57 Å². The zero-order valence-electron chi connectivity index (χ0n) is 12.7. The van der Waals surface area contributed by atoms with Gasteiger partial charge in [-0.3, -0.25) is 0 Å². The molecule has 0 spiro atoms. The Balaban J connectivity index is 3.05. The van der Waals surface area contributed by atoms with Gasteiger partial charge in [-0.15, -0.1) is 0 Å². The van der Waals surface area contributed by atoms with Gasteiger partial charge in [0.15, 0.2) is 0 Å². The Bertz CT molecular complexity index is 479. The Morgan fingerprint density at radius 1 is 0.950 bits per heavy atom. The number of allylic oxidation sites excluding steroid dienone is 4. The van der Waals surface area contributed by atoms with Crippen LogP contribution in [0.25, 0.3) is 0 Å². The highest BCUT2D eigenvalue weighted by molar-refractivity contribution is 6.07. The van der Waals surface area contributed by atoms with Crippen molar-refractivity contribution in [3.8, 4) is 0 Å². The van der Waals surface area contributed by atoms with E-state index in [0.29, 0.717) is 6.42 Å². The molecule has 0 bridgehead atoms. The van der Waals surface area contributed by atoms with Crippen molar-refractivity contribution in [2.45, 2.75) is 53.2 Å². The molecule has 0 fully saturated rings. The summed E-state index contributed by atoms with van der Waals surface area (Å²) in [7, 11) is 0. The normalized spacial score (nSPS) is 15.2. The Labute approximate surface area is 120 Å². The molecule has 110 valence electrons. The second-order valence-electron chi connectivity index (χ2n) is 5.32. The lowest BCUT2D eigenvalue weighted by molar-refractivity contribution is -0.146. The summed E-state index contributed by atoms with van der Waals surface area (Å²) in [6, 6.07) is 0. The predicted molar refractivity (Wildman–Crippen MR) is 77.0 cm³/mol. The molecule has 0 radical (unpaired) electrons. The maximum absolute atomic E-state index is 12.1. The zero-order valence-corrected chi connectivity index (χ0v) is 12.7. The Kier molecular flexibility index (Phi) is 5.74. The fraction of sp³-hybridized carbons (Fsp3) is 0.500. The van der Waals surface area contributed by atoms with E-state index in [1.807, 2.05) is 13.0 Å². The topological polar surface area (TPSA) is 52.6 Å². The molecule has 20 heavy (non-hydrogen) atoms. The van der Waals surface area contributed by atoms with Crippen molar-refractivity contribution in [1.29, 1.82) is 0 Å². The summed E-state index contributed by atoms with van der Waals surface area (Å²) in [6.45, 7) is 9.02. The van der Waals surface area contributed by atoms with Crippen LogP contribution in [0.5, 0.6) is 0 Å². The molecule has 0 N–H and O–H groups in total. The molecular weight excluding hydrogens is 256 g/mol. The van der Waals surface area contributed by atoms with E-state index in [1.54, 1.807) is 39.8 Å². The molecule has 0 aliphatic heterocycles. The number of rotatable bonds is 4. The molecule has 0 atom stereocenters. The molecule has 0 unspecified atom stereocenters. The molecule has 0 aromatic heterocycles. The smallest absolute Gasteiger partial charge is 0.339 e. The summed E-state index contributed by atoms with van der Waals surface area (Å²) in [5.74, 6) is -0.993. The first-order valence-corrected chi connectivity index (χ1v) is 6.81. The van der Waals surface area contributed by atoms with Crippen molar-refractivity contribution < 1.29 is 19.1 Å². The summed E-state index contributed by atoms with van der Waals surface area (Å²) < 4.78 is 10.4. The first-order valence-electron chi connectivity index (χ1n) is 6.81. The lowest BCUT2D eigenvalue weighted by Gasteiger charge is -2.14. The minimum absolute atomic E-state index is 0.233. The molecule has 0 heterocycles. The van der Waals surface area contributed by atoms with Crippen molar-refractivity contribution in [2.24, 2.45) is 0 Å². The van der Waals surface area contributed by atoms with Crippen LogP contribution >= 0.6 is 0 Å². The van der Waals surface area contributed by atoms with Crippen LogP contribution in [0.3, 0.4) is 0 Å². The highest BCUT2D eigenvalue weighted by Crippen LogP contribution is 2.21. The van der Waals surface area contributed by atoms with Crippen LogP contribution in [0.4, 0.5) is 0 Å². The third-order valence-electron chi connectivity index (χ3n) is 2.58. The van der Waals surface area contributed by atoms with E-state index in [-0.39, 0.29) is 23.4 Å². The van der Waals surface area contributed by atoms with Crippen LogP contribution in [0.1, 0.15) is 41.0 Å². The first-order chi connectivity index (χ1) is 9.31. The van der Waals surface area contributed by atoms with E-state index in [9.17, 15) is 9.59 Å². The van der Waals surface area contributed by atoms with Gasteiger partial charge in [0.05, 0.1) is 23.4 Å². The fourth-order valence-corrected chi connectivity index (χ4v) is 1.68. The summed E-state index contributed by atoms with van der Waals surface area (Å²) >= 11 is 0. The molecule has 0 amide bonds. The summed E-state index contributed by atoms with van der Waals surface area (Å²) in [5, 5.41) is 0. The van der Waals surface area contributed by atoms with Gasteiger partial charge >= 0.3 is 11.9 Å². The molecule has 0 aromatic carbocycles. The predicted octanol–water partition coefficient (Wildman–Crippen LogP) is 3.09. The van der Waals surface area contributed by atoms with E-state index >= 15 is 0 Å². The van der Waals surface area contributed by atoms with Crippen LogP contribution < -0.4 is 0 Å². The molecule has 0 aromatic rings. The average molecular weight is 278 g/mol. The van der Waals surface area contributed by atoms with Crippen molar-refractivity contribution in [2.75, 3.05) is 0 Å². The highest BCUT2D eigenvalue weighted by Gasteiger charge is 2.25. The summed E-state index contributed by atoms with van der Waals surface area (Å²) in [6.07, 6.45) is 5.31. The molecule has 1 aliphatic rings. The maximum atomic E-state index is 12.1. The number of esters is 2. The quantitative estimate of drug-likeness (QED) is 0.741. The van der Waals surface area contributed by atoms with Gasteiger partial charge in [-0.25, -0.2) is 9.59 Å². The Morgan fingerprint density at radius 3 is 1.95 bits per heavy atom. The largest absolute Gasteiger partial charge is 0.459 e. The molecule has 0 saturated carbocycles. The third kappa shape index (κ3) is 4.68. The van der Waals surface area contributed by atoms with Gasteiger partial charge in [-0.05, 0) is 47.1 Å². The van der Waals surface area contributed by atoms with Gasteiger partial charge in [0.25, 0.3) is 0 Å². The van der Waals surface area contributed by atoms with Crippen molar-refractivity contribution >= 4 is 11.9 Å². The lowest BCUT2D eigenvalue weighted by atomic mass is 10.1. The fourth-order valence-electron chi connectivity index (χ4n) is 1.68. The zero-order chi connectivity index (χ0) is 15.3. The molecule has 4 nitrogen and oxygen atoms in total. The number of carbonyl (C=O) groups excluding carboxylic acids is 2. The minimum atomic E-state index is -0.502. The summed E-state index contributed by atoms with van der Waals surface area (Å²) in [4.78, 5) is 24.2. The van der Waals surface area contributed by atoms with E-state index in [2.05, 4.69) is 0 Å². The van der Waals surface area contributed by atoms with Gasteiger partial charge in [-0.1, -0.05) is 17.7 Å². The number of hydrogen-bond donors (Lipinski definition) is 0.